The number of rotatable bonds is 8. The van der Waals surface area contributed by atoms with Crippen molar-refractivity contribution in [3.05, 3.63) is 53.6 Å². The van der Waals surface area contributed by atoms with Crippen LogP contribution in [0.2, 0.25) is 0 Å². The molecule has 0 aromatic heterocycles. The van der Waals surface area contributed by atoms with E-state index in [1.165, 1.54) is 14.2 Å². The highest BCUT2D eigenvalue weighted by Gasteiger charge is 2.30. The van der Waals surface area contributed by atoms with Crippen LogP contribution >= 0.6 is 0 Å². The Morgan fingerprint density at radius 2 is 1.55 bits per heavy atom. The molecule has 0 saturated heterocycles. The van der Waals surface area contributed by atoms with Crippen LogP contribution in [0.1, 0.15) is 29.9 Å². The minimum absolute atomic E-state index is 0.265. The maximum atomic E-state index is 12.7. The molecule has 0 spiro atoms. The van der Waals surface area contributed by atoms with Gasteiger partial charge in [0.15, 0.2) is 0 Å². The van der Waals surface area contributed by atoms with Crippen LogP contribution < -0.4 is 19.9 Å². The van der Waals surface area contributed by atoms with Crippen LogP contribution in [-0.4, -0.2) is 26.1 Å². The molecule has 0 unspecified atom stereocenters. The van der Waals surface area contributed by atoms with E-state index < -0.39 is 36.0 Å². The number of carbonyl (C=O) groups is 2. The lowest BCUT2D eigenvalue weighted by atomic mass is 9.91. The topological polar surface area (TPSA) is 87.7 Å². The van der Waals surface area contributed by atoms with Gasteiger partial charge in [-0.2, -0.15) is 13.2 Å². The van der Waals surface area contributed by atoms with E-state index in [2.05, 4.69) is 5.32 Å². The van der Waals surface area contributed by atoms with Crippen LogP contribution in [0, 0.1) is 0 Å². The van der Waals surface area contributed by atoms with E-state index in [9.17, 15) is 27.9 Å². The fourth-order valence-electron chi connectivity index (χ4n) is 2.77. The van der Waals surface area contributed by atoms with Crippen molar-refractivity contribution in [3.8, 4) is 11.5 Å². The average Bonchev–Trinajstić information content (AvgIpc) is 2.66. The van der Waals surface area contributed by atoms with Gasteiger partial charge in [-0.05, 0) is 30.0 Å². The molecule has 0 heterocycles. The molecule has 0 saturated carbocycles. The molecule has 0 radical (unpaired) electrons. The summed E-state index contributed by atoms with van der Waals surface area (Å²) in [5, 5.41) is 13.7. The van der Waals surface area contributed by atoms with E-state index in [0.29, 0.717) is 22.7 Å². The number of amides is 1. The van der Waals surface area contributed by atoms with Crippen LogP contribution in [0.5, 0.6) is 11.5 Å². The number of hydrogen-bond acceptors (Lipinski definition) is 5. The summed E-state index contributed by atoms with van der Waals surface area (Å²) in [6.45, 7) is 0. The Kier molecular flexibility index (Phi) is 7.08. The molecular weight excluding hydrogens is 391 g/mol. The smallest absolute Gasteiger partial charge is 0.416 e. The minimum atomic E-state index is -4.51. The highest BCUT2D eigenvalue weighted by Crippen LogP contribution is 2.32. The third-order valence-electron chi connectivity index (χ3n) is 4.19. The molecule has 2 aromatic carbocycles. The molecule has 0 aliphatic heterocycles. The molecule has 29 heavy (non-hydrogen) atoms. The lowest BCUT2D eigenvalue weighted by Gasteiger charge is -2.19. The summed E-state index contributed by atoms with van der Waals surface area (Å²) in [4.78, 5) is 23.5. The van der Waals surface area contributed by atoms with Gasteiger partial charge >= 0.3 is 6.18 Å². The van der Waals surface area contributed by atoms with E-state index in [1.807, 2.05) is 0 Å². The fraction of sp³-hybridized carbons (Fsp3) is 0.300. The zero-order valence-electron chi connectivity index (χ0n) is 15.7. The first-order chi connectivity index (χ1) is 13.6. The molecule has 0 bridgehead atoms. The monoisotopic (exact) mass is 410 g/mol. The molecule has 1 amide bonds. The second-order valence-electron chi connectivity index (χ2n) is 6.25. The number of carboxylic acids is 1. The van der Waals surface area contributed by atoms with Gasteiger partial charge in [0.05, 0.1) is 19.8 Å². The third-order valence-corrected chi connectivity index (χ3v) is 4.19. The van der Waals surface area contributed by atoms with Gasteiger partial charge in [-0.25, -0.2) is 0 Å². The van der Waals surface area contributed by atoms with Crippen molar-refractivity contribution in [3.63, 3.8) is 0 Å². The van der Waals surface area contributed by atoms with Crippen LogP contribution in [0.25, 0.3) is 0 Å². The highest BCUT2D eigenvalue weighted by atomic mass is 19.4. The molecule has 0 aliphatic carbocycles. The molecule has 0 fully saturated rings. The second-order valence-corrected chi connectivity index (χ2v) is 6.25. The van der Waals surface area contributed by atoms with Crippen LogP contribution in [0.4, 0.5) is 18.9 Å². The van der Waals surface area contributed by atoms with Gasteiger partial charge in [-0.1, -0.05) is 12.1 Å². The standard InChI is InChI=1S/C20H20F3NO5/c1-28-16-9-15(10-17(11-16)29-2)24-18(25)7-13(8-19(26)27)12-3-5-14(6-4-12)20(21,22)23/h3-6,9-11,13H,7-8H2,1-2H3,(H,24,25)(H,26,27)/p-1/t13-/m1/s1. The number of ether oxygens (including phenoxy) is 2. The first-order valence-electron chi connectivity index (χ1n) is 8.52. The Morgan fingerprint density at radius 1 is 1.00 bits per heavy atom. The van der Waals surface area contributed by atoms with E-state index in [-0.39, 0.29) is 6.42 Å². The zero-order valence-corrected chi connectivity index (χ0v) is 15.7. The number of alkyl halides is 3. The first kappa shape index (κ1) is 22.1. The van der Waals surface area contributed by atoms with E-state index in [1.54, 1.807) is 18.2 Å². The van der Waals surface area contributed by atoms with Crippen molar-refractivity contribution in [2.75, 3.05) is 19.5 Å². The molecule has 0 aliphatic rings. The lowest BCUT2D eigenvalue weighted by Crippen LogP contribution is -2.26. The van der Waals surface area contributed by atoms with Crippen LogP contribution in [-0.2, 0) is 15.8 Å². The fourth-order valence-corrected chi connectivity index (χ4v) is 2.77. The zero-order chi connectivity index (χ0) is 21.6. The van der Waals surface area contributed by atoms with Crippen molar-refractivity contribution in [1.82, 2.24) is 0 Å². The van der Waals surface area contributed by atoms with Crippen LogP contribution in [0.15, 0.2) is 42.5 Å². The van der Waals surface area contributed by atoms with E-state index >= 15 is 0 Å². The van der Waals surface area contributed by atoms with Crippen LogP contribution in [0.3, 0.4) is 0 Å². The van der Waals surface area contributed by atoms with Crippen molar-refractivity contribution in [1.29, 1.82) is 0 Å². The Balaban J connectivity index is 2.17. The molecule has 156 valence electrons. The van der Waals surface area contributed by atoms with Gasteiger partial charge in [0.2, 0.25) is 5.91 Å². The van der Waals surface area contributed by atoms with Crippen molar-refractivity contribution < 1.29 is 37.3 Å². The quantitative estimate of drug-likeness (QED) is 0.723. The predicted octanol–water partition coefficient (Wildman–Crippen LogP) is 2.98. The van der Waals surface area contributed by atoms with E-state index in [0.717, 1.165) is 24.3 Å². The molecule has 1 N–H and O–H groups in total. The number of benzene rings is 2. The average molecular weight is 410 g/mol. The Labute approximate surface area is 165 Å². The third kappa shape index (κ3) is 6.41. The van der Waals surface area contributed by atoms with Gasteiger partial charge in [0.1, 0.15) is 11.5 Å². The Morgan fingerprint density at radius 3 is 2.00 bits per heavy atom. The summed E-state index contributed by atoms with van der Waals surface area (Å²) in [7, 11) is 2.89. The van der Waals surface area contributed by atoms with Crippen molar-refractivity contribution in [2.24, 2.45) is 0 Å². The number of carboxylic acid groups (broad SMARTS) is 1. The van der Waals surface area contributed by atoms with Gasteiger partial charge in [-0.15, -0.1) is 0 Å². The minimum Gasteiger partial charge on any atom is -0.550 e. The highest BCUT2D eigenvalue weighted by molar-refractivity contribution is 5.92. The molecule has 9 heteroatoms. The molecule has 6 nitrogen and oxygen atoms in total. The van der Waals surface area contributed by atoms with Gasteiger partial charge < -0.3 is 24.7 Å². The number of hydrogen-bond donors (Lipinski definition) is 1. The number of methoxy groups -OCH3 is 2. The second kappa shape index (κ2) is 9.31. The Hall–Kier alpha value is -3.23. The number of nitrogens with one attached hydrogen (secondary N) is 1. The summed E-state index contributed by atoms with van der Waals surface area (Å²) in [6, 6.07) is 8.73. The normalized spacial score (nSPS) is 12.2. The van der Waals surface area contributed by atoms with Crippen molar-refractivity contribution in [2.45, 2.75) is 24.9 Å². The number of aliphatic carboxylic acids is 1. The maximum Gasteiger partial charge on any atom is 0.416 e. The Bertz CT molecular complexity index is 843. The summed E-state index contributed by atoms with van der Waals surface area (Å²) in [6.07, 6.45) is -5.29. The summed E-state index contributed by atoms with van der Waals surface area (Å²) < 4.78 is 48.4. The number of carbonyl (C=O) groups excluding carboxylic acids is 2. The summed E-state index contributed by atoms with van der Waals surface area (Å²) >= 11 is 0. The van der Waals surface area contributed by atoms with Gasteiger partial charge in [0.25, 0.3) is 0 Å². The largest absolute Gasteiger partial charge is 0.550 e. The summed E-state index contributed by atoms with van der Waals surface area (Å²) in [5.74, 6) is -1.91. The molecule has 2 aromatic rings. The predicted molar refractivity (Wildman–Crippen MR) is 96.6 cm³/mol. The van der Waals surface area contributed by atoms with E-state index in [4.69, 9.17) is 9.47 Å². The van der Waals surface area contributed by atoms with Gasteiger partial charge in [-0.3, -0.25) is 4.79 Å². The lowest BCUT2D eigenvalue weighted by molar-refractivity contribution is -0.306. The number of halogens is 3. The number of anilines is 1. The molecule has 2 rings (SSSR count). The maximum absolute atomic E-state index is 12.7. The first-order valence-corrected chi connectivity index (χ1v) is 8.52. The van der Waals surface area contributed by atoms with Gasteiger partial charge in [0, 0.05) is 36.3 Å². The molecule has 1 atom stereocenters. The molecular formula is C20H19F3NO5-. The van der Waals surface area contributed by atoms with Crippen molar-refractivity contribution >= 4 is 17.6 Å². The SMILES string of the molecule is COc1cc(NC(=O)C[C@H](CC(=O)[O-])c2ccc(C(F)(F)F)cc2)cc(OC)c1. The summed E-state index contributed by atoms with van der Waals surface area (Å²) in [5.41, 5.74) is -0.201.